The summed E-state index contributed by atoms with van der Waals surface area (Å²) in [5.74, 6) is 1.24. The molecule has 0 bridgehead atoms. The second kappa shape index (κ2) is 6.80. The first-order valence-electron chi connectivity index (χ1n) is 11.6. The van der Waals surface area contributed by atoms with Gasteiger partial charge >= 0.3 is 0 Å². The van der Waals surface area contributed by atoms with Crippen LogP contribution in [-0.4, -0.2) is 23.2 Å². The predicted molar refractivity (Wildman–Crippen MR) is 138 cm³/mol. The molecule has 3 aromatic rings. The van der Waals surface area contributed by atoms with E-state index in [0.29, 0.717) is 6.79 Å². The van der Waals surface area contributed by atoms with Gasteiger partial charge in [-0.25, -0.2) is 0 Å². The summed E-state index contributed by atoms with van der Waals surface area (Å²) >= 11 is 0. The van der Waals surface area contributed by atoms with Gasteiger partial charge in [0.25, 0.3) is 0 Å². The van der Waals surface area contributed by atoms with Gasteiger partial charge in [-0.15, -0.1) is 0 Å². The first-order chi connectivity index (χ1) is 15.3. The lowest BCUT2D eigenvalue weighted by Crippen LogP contribution is -2.26. The van der Waals surface area contributed by atoms with Crippen molar-refractivity contribution in [2.24, 2.45) is 0 Å². The first-order valence-corrected chi connectivity index (χ1v) is 18.0. The number of allylic oxidation sites excluding steroid dienone is 1. The Morgan fingerprint density at radius 1 is 0.938 bits per heavy atom. The van der Waals surface area contributed by atoms with E-state index in [-0.39, 0.29) is 5.92 Å². The molecule has 1 aliphatic heterocycles. The van der Waals surface area contributed by atoms with Crippen LogP contribution < -0.4 is 10.4 Å². The summed E-state index contributed by atoms with van der Waals surface area (Å²) in [6, 6.07) is 20.2. The maximum atomic E-state index is 6.23. The van der Waals surface area contributed by atoms with E-state index < -0.39 is 16.4 Å². The highest BCUT2D eigenvalue weighted by Gasteiger charge is 2.50. The zero-order chi connectivity index (χ0) is 22.3. The molecule has 0 amide bonds. The second-order valence-electron chi connectivity index (χ2n) is 10.8. The summed E-state index contributed by atoms with van der Waals surface area (Å²) in [6.45, 7) is 11.9. The van der Waals surface area contributed by atoms with Crippen molar-refractivity contribution in [1.82, 2.24) is 0 Å². The summed E-state index contributed by atoms with van der Waals surface area (Å²) < 4.78 is 12.2. The average Bonchev–Trinajstić information content (AvgIpc) is 3.06. The molecule has 3 aromatic carbocycles. The van der Waals surface area contributed by atoms with Crippen molar-refractivity contribution in [3.8, 4) is 11.1 Å². The summed E-state index contributed by atoms with van der Waals surface area (Å²) in [5.41, 5.74) is 10.1. The molecule has 0 fully saturated rings. The van der Waals surface area contributed by atoms with Crippen molar-refractivity contribution in [2.45, 2.75) is 45.1 Å². The fourth-order valence-corrected chi connectivity index (χ4v) is 9.47. The topological polar surface area (TPSA) is 18.5 Å². The third-order valence-corrected chi connectivity index (χ3v) is 11.5. The largest absolute Gasteiger partial charge is 0.468 e. The second-order valence-corrected chi connectivity index (χ2v) is 19.6. The van der Waals surface area contributed by atoms with Crippen LogP contribution >= 0.6 is 0 Å². The molecule has 2 aliphatic carbocycles. The summed E-state index contributed by atoms with van der Waals surface area (Å²) in [4.78, 5) is 0. The summed E-state index contributed by atoms with van der Waals surface area (Å²) in [6.07, 6.45) is 3.40. The van der Waals surface area contributed by atoms with Crippen LogP contribution in [0, 0.1) is 0 Å². The van der Waals surface area contributed by atoms with Crippen LogP contribution in [-0.2, 0) is 15.6 Å². The molecule has 0 aromatic heterocycles. The van der Waals surface area contributed by atoms with Crippen LogP contribution in [0.1, 0.15) is 33.7 Å². The Kier molecular flexibility index (Phi) is 4.29. The smallest absolute Gasteiger partial charge is 0.188 e. The minimum Gasteiger partial charge on any atom is -0.468 e. The van der Waals surface area contributed by atoms with Gasteiger partial charge in [-0.3, -0.25) is 0 Å². The number of hydrogen-bond acceptors (Lipinski definition) is 2. The van der Waals surface area contributed by atoms with E-state index in [0.717, 1.165) is 12.2 Å². The normalized spacial score (nSPS) is 19.0. The molecule has 1 atom stereocenters. The van der Waals surface area contributed by atoms with Gasteiger partial charge in [-0.2, -0.15) is 0 Å². The minimum absolute atomic E-state index is 0.264. The van der Waals surface area contributed by atoms with Crippen molar-refractivity contribution >= 4 is 32.5 Å². The molecular weight excluding hydrogens is 424 g/mol. The molecule has 2 nitrogen and oxygen atoms in total. The Morgan fingerprint density at radius 3 is 2.44 bits per heavy atom. The lowest BCUT2D eigenvalue weighted by Gasteiger charge is -2.18. The van der Waals surface area contributed by atoms with Gasteiger partial charge in [0, 0.05) is 11.5 Å². The van der Waals surface area contributed by atoms with Gasteiger partial charge in [0.15, 0.2) is 15.1 Å². The Morgan fingerprint density at radius 2 is 1.66 bits per heavy atom. The summed E-state index contributed by atoms with van der Waals surface area (Å²) in [7, 11) is -3.08. The Labute approximate surface area is 193 Å². The predicted octanol–water partition coefficient (Wildman–Crippen LogP) is 5.71. The van der Waals surface area contributed by atoms with Crippen molar-refractivity contribution in [3.63, 3.8) is 0 Å². The van der Waals surface area contributed by atoms with Gasteiger partial charge in [0.05, 0.1) is 0 Å². The third kappa shape index (κ3) is 3.00. The van der Waals surface area contributed by atoms with Crippen LogP contribution in [0.2, 0.25) is 32.7 Å². The lowest BCUT2D eigenvalue weighted by atomic mass is 9.88. The number of hydrogen-bond donors (Lipinski definition) is 0. The first kappa shape index (κ1) is 20.2. The standard InChI is InChI=1S/C28H30O2Si2/c1-31(2,3)30-17-29-25-15-24(20-12-8-9-13-21(20)25)27-23-14-18-10-6-7-11-19(18)22(23)16-26-28(27)32(26,4)5/h6-13,15-16,24H,14,17H2,1-5H3. The highest BCUT2D eigenvalue weighted by Crippen LogP contribution is 2.47. The van der Waals surface area contributed by atoms with Gasteiger partial charge in [-0.1, -0.05) is 78.1 Å². The van der Waals surface area contributed by atoms with Gasteiger partial charge in [0.1, 0.15) is 13.8 Å². The van der Waals surface area contributed by atoms with E-state index in [9.17, 15) is 0 Å². The van der Waals surface area contributed by atoms with Gasteiger partial charge < -0.3 is 9.16 Å². The van der Waals surface area contributed by atoms with Crippen LogP contribution in [0.5, 0.6) is 0 Å². The van der Waals surface area contributed by atoms with Gasteiger partial charge in [-0.05, 0) is 65.5 Å². The number of ether oxygens (including phenoxy) is 1. The van der Waals surface area contributed by atoms with E-state index in [1.54, 1.807) is 21.5 Å². The quantitative estimate of drug-likeness (QED) is 0.284. The van der Waals surface area contributed by atoms with Crippen molar-refractivity contribution < 1.29 is 9.16 Å². The highest BCUT2D eigenvalue weighted by atomic mass is 28.4. The van der Waals surface area contributed by atoms with Crippen molar-refractivity contribution in [1.29, 1.82) is 0 Å². The number of rotatable bonds is 5. The van der Waals surface area contributed by atoms with E-state index in [1.807, 2.05) is 0 Å². The monoisotopic (exact) mass is 454 g/mol. The number of benzene rings is 3. The molecule has 0 saturated heterocycles. The van der Waals surface area contributed by atoms with E-state index in [4.69, 9.17) is 9.16 Å². The fourth-order valence-electron chi connectivity index (χ4n) is 5.62. The molecule has 1 unspecified atom stereocenters. The van der Waals surface area contributed by atoms with Crippen LogP contribution in [0.25, 0.3) is 16.9 Å². The number of fused-ring (bicyclic) bond motifs is 5. The van der Waals surface area contributed by atoms with Crippen LogP contribution in [0.4, 0.5) is 0 Å². The molecule has 0 radical (unpaired) electrons. The summed E-state index contributed by atoms with van der Waals surface area (Å²) in [5, 5.41) is 3.32. The molecule has 0 saturated carbocycles. The molecule has 32 heavy (non-hydrogen) atoms. The molecule has 1 heterocycles. The zero-order valence-corrected chi connectivity index (χ0v) is 21.6. The van der Waals surface area contributed by atoms with Crippen LogP contribution in [0.3, 0.4) is 0 Å². The highest BCUT2D eigenvalue weighted by molar-refractivity contribution is 7.16. The fraction of sp³-hybridized carbons (Fsp3) is 0.286. The van der Waals surface area contributed by atoms with Crippen molar-refractivity contribution in [3.05, 3.63) is 88.5 Å². The molecular formula is C28H30O2Si2. The Hall–Kier alpha value is -2.41. The van der Waals surface area contributed by atoms with Gasteiger partial charge in [0.2, 0.25) is 0 Å². The average molecular weight is 455 g/mol. The lowest BCUT2D eigenvalue weighted by molar-refractivity contribution is 0.0896. The van der Waals surface area contributed by atoms with E-state index in [1.165, 1.54) is 27.8 Å². The van der Waals surface area contributed by atoms with E-state index >= 15 is 0 Å². The SMILES string of the molecule is C[Si](C)(C)OCOC1=CC(c2c3c(cc4c2[Si]4(C)C)-c2ccccc2C3)c2ccccc21. The maximum Gasteiger partial charge on any atom is 0.188 e. The molecule has 6 rings (SSSR count). The molecule has 0 spiro atoms. The molecule has 0 N–H and O–H groups in total. The Balaban J connectivity index is 1.47. The molecule has 3 aliphatic rings. The molecule has 4 heteroatoms. The van der Waals surface area contributed by atoms with E-state index in [2.05, 4.69) is 93.4 Å². The Bertz CT molecular complexity index is 1300. The zero-order valence-electron chi connectivity index (χ0n) is 19.6. The molecule has 162 valence electrons. The maximum absolute atomic E-state index is 6.23. The van der Waals surface area contributed by atoms with Crippen molar-refractivity contribution in [2.75, 3.05) is 6.79 Å². The van der Waals surface area contributed by atoms with Crippen LogP contribution in [0.15, 0.2) is 60.7 Å². The third-order valence-electron chi connectivity index (χ3n) is 7.28. The minimum atomic E-state index is -1.62.